The molecule has 0 aliphatic heterocycles. The Morgan fingerprint density at radius 3 is 2.80 bits per heavy atom. The van der Waals surface area contributed by atoms with Crippen molar-refractivity contribution in [2.24, 2.45) is 5.92 Å². The van der Waals surface area contributed by atoms with Gasteiger partial charge in [0.1, 0.15) is 16.5 Å². The van der Waals surface area contributed by atoms with Gasteiger partial charge in [0, 0.05) is 11.3 Å². The van der Waals surface area contributed by atoms with Gasteiger partial charge in [-0.3, -0.25) is 9.89 Å². The number of aryl methyl sites for hydroxylation is 2. The first-order valence-corrected chi connectivity index (χ1v) is 10.4. The molecule has 0 spiro atoms. The molecule has 0 radical (unpaired) electrons. The minimum absolute atomic E-state index is 0.0561. The minimum atomic E-state index is -0.0561. The summed E-state index contributed by atoms with van der Waals surface area (Å²) in [5.41, 5.74) is 0.970. The van der Waals surface area contributed by atoms with Crippen LogP contribution in [0.15, 0.2) is 9.95 Å². The fourth-order valence-electron chi connectivity index (χ4n) is 3.42. The third-order valence-electron chi connectivity index (χ3n) is 4.89. The van der Waals surface area contributed by atoms with Gasteiger partial charge >= 0.3 is 0 Å². The van der Waals surface area contributed by atoms with E-state index in [9.17, 15) is 4.79 Å². The zero-order valence-electron chi connectivity index (χ0n) is 14.4. The van der Waals surface area contributed by atoms with E-state index < -0.39 is 0 Å². The van der Waals surface area contributed by atoms with Crippen LogP contribution in [0, 0.1) is 19.8 Å². The van der Waals surface area contributed by atoms with Gasteiger partial charge in [-0.15, -0.1) is 16.4 Å². The molecular weight excluding hydrogens is 354 g/mol. The Labute approximate surface area is 153 Å². The maximum atomic E-state index is 12.3. The molecule has 132 valence electrons. The van der Waals surface area contributed by atoms with Gasteiger partial charge in [-0.2, -0.15) is 0 Å². The highest BCUT2D eigenvalue weighted by atomic mass is 32.2. The predicted octanol–water partition coefficient (Wildman–Crippen LogP) is 3.74. The third-order valence-corrected chi connectivity index (χ3v) is 6.85. The van der Waals surface area contributed by atoms with E-state index in [1.165, 1.54) is 37.4 Å². The SMILES string of the molecule is Cc1sc2nc(CSc3n[nH]c(CC4CCCC4)n3)[nH]c(=O)c2c1C. The number of nitrogens with one attached hydrogen (secondary N) is 2. The number of nitrogens with zero attached hydrogens (tertiary/aromatic N) is 3. The second-order valence-corrected chi connectivity index (χ2v) is 8.83. The van der Waals surface area contributed by atoms with Crippen LogP contribution >= 0.6 is 23.1 Å². The molecule has 8 heteroatoms. The molecule has 2 N–H and O–H groups in total. The Hall–Kier alpha value is -1.67. The summed E-state index contributed by atoms with van der Waals surface area (Å²) >= 11 is 3.07. The average molecular weight is 376 g/mol. The Balaban J connectivity index is 1.45. The highest BCUT2D eigenvalue weighted by Gasteiger charge is 2.18. The van der Waals surface area contributed by atoms with Crippen LogP contribution in [0.1, 0.15) is 47.8 Å². The second kappa shape index (κ2) is 6.92. The maximum Gasteiger partial charge on any atom is 0.259 e. The maximum absolute atomic E-state index is 12.3. The van der Waals surface area contributed by atoms with Gasteiger partial charge in [0.15, 0.2) is 0 Å². The van der Waals surface area contributed by atoms with Crippen molar-refractivity contribution in [3.8, 4) is 0 Å². The van der Waals surface area contributed by atoms with Crippen molar-refractivity contribution in [2.45, 2.75) is 56.9 Å². The highest BCUT2D eigenvalue weighted by Crippen LogP contribution is 2.28. The molecule has 25 heavy (non-hydrogen) atoms. The number of thioether (sulfide) groups is 1. The number of H-pyrrole nitrogens is 2. The van der Waals surface area contributed by atoms with Gasteiger partial charge in [0.05, 0.1) is 11.1 Å². The van der Waals surface area contributed by atoms with Crippen molar-refractivity contribution in [2.75, 3.05) is 0 Å². The van der Waals surface area contributed by atoms with Crippen LogP contribution in [0.3, 0.4) is 0 Å². The van der Waals surface area contributed by atoms with E-state index in [0.717, 1.165) is 33.4 Å². The monoisotopic (exact) mass is 375 g/mol. The second-order valence-electron chi connectivity index (χ2n) is 6.68. The summed E-state index contributed by atoms with van der Waals surface area (Å²) in [5.74, 6) is 2.94. The molecule has 0 atom stereocenters. The summed E-state index contributed by atoms with van der Waals surface area (Å²) in [4.78, 5) is 26.3. The first kappa shape index (κ1) is 16.8. The lowest BCUT2D eigenvalue weighted by molar-refractivity contribution is 0.531. The van der Waals surface area contributed by atoms with E-state index in [1.807, 2.05) is 13.8 Å². The molecule has 4 rings (SSSR count). The number of thiophene rings is 1. The zero-order valence-corrected chi connectivity index (χ0v) is 16.0. The van der Waals surface area contributed by atoms with Crippen LogP contribution in [0.4, 0.5) is 0 Å². The van der Waals surface area contributed by atoms with Crippen molar-refractivity contribution < 1.29 is 0 Å². The fraction of sp³-hybridized carbons (Fsp3) is 0.529. The third kappa shape index (κ3) is 3.50. The Morgan fingerprint density at radius 2 is 2.00 bits per heavy atom. The molecule has 0 saturated heterocycles. The van der Waals surface area contributed by atoms with E-state index in [4.69, 9.17) is 0 Å². The molecule has 3 heterocycles. The molecule has 3 aromatic rings. The standard InChI is InChI=1S/C17H21N5OS2/c1-9-10(2)25-16-14(9)15(23)18-13(19-16)8-24-17-20-12(21-22-17)7-11-5-3-4-6-11/h11H,3-8H2,1-2H3,(H,18,19,23)(H,20,21,22). The lowest BCUT2D eigenvalue weighted by Crippen LogP contribution is -2.10. The van der Waals surface area contributed by atoms with E-state index in [1.54, 1.807) is 11.3 Å². The van der Waals surface area contributed by atoms with E-state index >= 15 is 0 Å². The Kier molecular flexibility index (Phi) is 4.64. The molecule has 6 nitrogen and oxygen atoms in total. The number of rotatable bonds is 5. The first-order chi connectivity index (χ1) is 12.1. The molecule has 0 aromatic carbocycles. The van der Waals surface area contributed by atoms with Crippen LogP contribution in [0.5, 0.6) is 0 Å². The number of hydrogen-bond acceptors (Lipinski definition) is 6. The topological polar surface area (TPSA) is 87.3 Å². The van der Waals surface area contributed by atoms with Gasteiger partial charge in [0.25, 0.3) is 5.56 Å². The van der Waals surface area contributed by atoms with E-state index in [-0.39, 0.29) is 5.56 Å². The summed E-state index contributed by atoms with van der Waals surface area (Å²) in [6.45, 7) is 3.99. The van der Waals surface area contributed by atoms with Crippen molar-refractivity contribution >= 4 is 33.3 Å². The van der Waals surface area contributed by atoms with Gasteiger partial charge in [-0.1, -0.05) is 37.4 Å². The molecule has 0 amide bonds. The molecule has 1 saturated carbocycles. The molecular formula is C17H21N5OS2. The normalized spacial score (nSPS) is 15.4. The van der Waals surface area contributed by atoms with Gasteiger partial charge in [-0.25, -0.2) is 9.97 Å². The molecule has 1 aliphatic carbocycles. The smallest absolute Gasteiger partial charge is 0.259 e. The Bertz CT molecular complexity index is 952. The van der Waals surface area contributed by atoms with Crippen LogP contribution in [0.2, 0.25) is 0 Å². The zero-order chi connectivity index (χ0) is 17.4. The van der Waals surface area contributed by atoms with Crippen molar-refractivity contribution in [3.63, 3.8) is 0 Å². The summed E-state index contributed by atoms with van der Waals surface area (Å²) in [7, 11) is 0. The average Bonchev–Trinajstić information content (AvgIpc) is 3.29. The number of fused-ring (bicyclic) bond motifs is 1. The Morgan fingerprint density at radius 1 is 1.20 bits per heavy atom. The van der Waals surface area contributed by atoms with Crippen molar-refractivity contribution in [1.82, 2.24) is 25.1 Å². The lowest BCUT2D eigenvalue weighted by Gasteiger charge is -2.04. The first-order valence-electron chi connectivity index (χ1n) is 8.63. The summed E-state index contributed by atoms with van der Waals surface area (Å²) in [6, 6.07) is 0. The van der Waals surface area contributed by atoms with Crippen LogP contribution in [-0.4, -0.2) is 25.1 Å². The highest BCUT2D eigenvalue weighted by molar-refractivity contribution is 7.98. The quantitative estimate of drug-likeness (QED) is 0.663. The van der Waals surface area contributed by atoms with Crippen LogP contribution in [-0.2, 0) is 12.2 Å². The van der Waals surface area contributed by atoms with Gasteiger partial charge in [0.2, 0.25) is 5.16 Å². The minimum Gasteiger partial charge on any atom is -0.309 e. The predicted molar refractivity (Wildman–Crippen MR) is 101 cm³/mol. The van der Waals surface area contributed by atoms with Crippen LogP contribution < -0.4 is 5.56 Å². The molecule has 3 aromatic heterocycles. The number of hydrogen-bond donors (Lipinski definition) is 2. The van der Waals surface area contributed by atoms with Gasteiger partial charge < -0.3 is 4.98 Å². The number of aromatic amines is 2. The summed E-state index contributed by atoms with van der Waals surface area (Å²) in [6.07, 6.45) is 6.26. The largest absolute Gasteiger partial charge is 0.309 e. The lowest BCUT2D eigenvalue weighted by atomic mass is 10.0. The van der Waals surface area contributed by atoms with Crippen molar-refractivity contribution in [1.29, 1.82) is 0 Å². The molecule has 1 aliphatic rings. The fourth-order valence-corrected chi connectivity index (χ4v) is 5.16. The summed E-state index contributed by atoms with van der Waals surface area (Å²) in [5, 5.41) is 8.77. The summed E-state index contributed by atoms with van der Waals surface area (Å²) < 4.78 is 0. The van der Waals surface area contributed by atoms with Crippen LogP contribution in [0.25, 0.3) is 10.2 Å². The van der Waals surface area contributed by atoms with Crippen molar-refractivity contribution in [3.05, 3.63) is 32.4 Å². The van der Waals surface area contributed by atoms with Gasteiger partial charge in [-0.05, 0) is 25.3 Å². The number of aromatic nitrogens is 5. The molecule has 0 bridgehead atoms. The molecule has 0 unspecified atom stereocenters. The van der Waals surface area contributed by atoms with E-state index in [0.29, 0.717) is 22.1 Å². The molecule has 1 fully saturated rings. The van der Waals surface area contributed by atoms with E-state index in [2.05, 4.69) is 25.1 Å².